The van der Waals surface area contributed by atoms with E-state index in [9.17, 15) is 14.9 Å². The predicted octanol–water partition coefficient (Wildman–Crippen LogP) is 5.04. The molecule has 158 valence electrons. The molecule has 1 heterocycles. The van der Waals surface area contributed by atoms with Crippen LogP contribution in [0.1, 0.15) is 40.0 Å². The number of rotatable bonds is 6. The van der Waals surface area contributed by atoms with Gasteiger partial charge in [-0.05, 0) is 43.2 Å². The van der Waals surface area contributed by atoms with Crippen LogP contribution in [0.3, 0.4) is 0 Å². The van der Waals surface area contributed by atoms with E-state index in [0.717, 1.165) is 11.1 Å². The fourth-order valence-corrected chi connectivity index (χ4v) is 3.64. The Hall–Kier alpha value is -3.87. The van der Waals surface area contributed by atoms with Gasteiger partial charge < -0.3 is 14.4 Å². The summed E-state index contributed by atoms with van der Waals surface area (Å²) in [6, 6.07) is 19.6. The van der Waals surface area contributed by atoms with E-state index in [2.05, 4.69) is 0 Å². The molecule has 0 fully saturated rings. The number of carbonyl (C=O) groups is 1. The van der Waals surface area contributed by atoms with Gasteiger partial charge in [0.25, 0.3) is 11.6 Å². The molecular formula is C24H22N2O5. The average molecular weight is 418 g/mol. The summed E-state index contributed by atoms with van der Waals surface area (Å²) >= 11 is 0. The molecule has 0 bridgehead atoms. The third-order valence-electron chi connectivity index (χ3n) is 5.45. The maximum atomic E-state index is 13.5. The van der Waals surface area contributed by atoms with Gasteiger partial charge in [0.15, 0.2) is 11.5 Å². The molecule has 0 spiro atoms. The molecule has 1 aliphatic heterocycles. The van der Waals surface area contributed by atoms with E-state index < -0.39 is 4.92 Å². The molecule has 1 amide bonds. The van der Waals surface area contributed by atoms with Gasteiger partial charge in [-0.2, -0.15) is 0 Å². The van der Waals surface area contributed by atoms with Crippen molar-refractivity contribution in [2.45, 2.75) is 26.4 Å². The van der Waals surface area contributed by atoms with E-state index in [1.54, 1.807) is 24.0 Å². The monoisotopic (exact) mass is 418 g/mol. The topological polar surface area (TPSA) is 81.9 Å². The number of hydrogen-bond acceptors (Lipinski definition) is 5. The second-order valence-electron chi connectivity index (χ2n) is 7.47. The summed E-state index contributed by atoms with van der Waals surface area (Å²) in [6.07, 6.45) is 0. The normalized spacial score (nSPS) is 13.0. The lowest BCUT2D eigenvalue weighted by Gasteiger charge is -2.30. The Balaban J connectivity index is 1.70. The van der Waals surface area contributed by atoms with E-state index in [1.165, 1.54) is 6.07 Å². The fourth-order valence-electron chi connectivity index (χ4n) is 3.64. The number of ether oxygens (including phenoxy) is 2. The van der Waals surface area contributed by atoms with Gasteiger partial charge in [0.05, 0.1) is 11.0 Å². The average Bonchev–Trinajstić information content (AvgIpc) is 3.25. The van der Waals surface area contributed by atoms with E-state index in [4.69, 9.17) is 9.47 Å². The minimum atomic E-state index is -0.463. The molecule has 4 rings (SSSR count). The van der Waals surface area contributed by atoms with Crippen LogP contribution in [-0.2, 0) is 6.54 Å². The summed E-state index contributed by atoms with van der Waals surface area (Å²) in [5.41, 5.74) is 2.57. The highest BCUT2D eigenvalue weighted by molar-refractivity contribution is 5.95. The summed E-state index contributed by atoms with van der Waals surface area (Å²) in [4.78, 5) is 26.2. The number of nitro groups is 1. The van der Waals surface area contributed by atoms with E-state index in [-0.39, 0.29) is 30.0 Å². The number of carbonyl (C=O) groups excluding carboxylic acids is 1. The number of amides is 1. The highest BCUT2D eigenvalue weighted by Crippen LogP contribution is 2.34. The molecule has 1 unspecified atom stereocenters. The first kappa shape index (κ1) is 20.4. The lowest BCUT2D eigenvalue weighted by molar-refractivity contribution is -0.385. The molecule has 0 saturated carbocycles. The zero-order chi connectivity index (χ0) is 22.0. The van der Waals surface area contributed by atoms with Gasteiger partial charge in [-0.15, -0.1) is 0 Å². The highest BCUT2D eigenvalue weighted by Gasteiger charge is 2.26. The first-order valence-corrected chi connectivity index (χ1v) is 9.93. The van der Waals surface area contributed by atoms with Gasteiger partial charge in [0, 0.05) is 23.7 Å². The Labute approximate surface area is 180 Å². The molecule has 0 aromatic heterocycles. The maximum absolute atomic E-state index is 13.5. The van der Waals surface area contributed by atoms with Crippen molar-refractivity contribution in [3.8, 4) is 11.5 Å². The molecule has 7 nitrogen and oxygen atoms in total. The first-order valence-electron chi connectivity index (χ1n) is 9.93. The van der Waals surface area contributed by atoms with Crippen molar-refractivity contribution in [3.05, 3.63) is 99.1 Å². The Bertz CT molecular complexity index is 1130. The Morgan fingerprint density at radius 1 is 1.06 bits per heavy atom. The van der Waals surface area contributed by atoms with Crippen molar-refractivity contribution in [1.82, 2.24) is 4.90 Å². The van der Waals surface area contributed by atoms with Gasteiger partial charge in [0.1, 0.15) is 0 Å². The molecule has 1 atom stereocenters. The first-order chi connectivity index (χ1) is 14.9. The van der Waals surface area contributed by atoms with Gasteiger partial charge in [0.2, 0.25) is 6.79 Å². The smallest absolute Gasteiger partial charge is 0.273 e. The Morgan fingerprint density at radius 2 is 1.81 bits per heavy atom. The van der Waals surface area contributed by atoms with Crippen LogP contribution in [0.15, 0.2) is 66.7 Å². The van der Waals surface area contributed by atoms with Crippen LogP contribution in [0.4, 0.5) is 5.69 Å². The van der Waals surface area contributed by atoms with Crippen LogP contribution < -0.4 is 9.47 Å². The summed E-state index contributed by atoms with van der Waals surface area (Å²) < 4.78 is 10.8. The van der Waals surface area contributed by atoms with Crippen LogP contribution >= 0.6 is 0 Å². The number of nitrogens with zero attached hydrogens (tertiary/aromatic N) is 2. The molecule has 3 aromatic carbocycles. The van der Waals surface area contributed by atoms with Crippen molar-refractivity contribution in [2.75, 3.05) is 6.79 Å². The minimum absolute atomic E-state index is 0.0683. The van der Waals surface area contributed by atoms with Crippen LogP contribution in [0, 0.1) is 17.0 Å². The summed E-state index contributed by atoms with van der Waals surface area (Å²) in [6.45, 7) is 4.09. The van der Waals surface area contributed by atoms with Gasteiger partial charge >= 0.3 is 0 Å². The summed E-state index contributed by atoms with van der Waals surface area (Å²) in [5, 5.41) is 11.4. The summed E-state index contributed by atoms with van der Waals surface area (Å²) in [7, 11) is 0. The van der Waals surface area contributed by atoms with Crippen molar-refractivity contribution in [1.29, 1.82) is 0 Å². The number of benzene rings is 3. The van der Waals surface area contributed by atoms with E-state index in [0.29, 0.717) is 23.6 Å². The molecule has 3 aromatic rings. The third-order valence-corrected chi connectivity index (χ3v) is 5.45. The molecule has 0 radical (unpaired) electrons. The van der Waals surface area contributed by atoms with E-state index in [1.807, 2.05) is 55.5 Å². The predicted molar refractivity (Wildman–Crippen MR) is 115 cm³/mol. The zero-order valence-electron chi connectivity index (χ0n) is 17.3. The molecule has 0 saturated heterocycles. The fraction of sp³-hybridized carbons (Fsp3) is 0.208. The molecule has 0 aliphatic carbocycles. The molecule has 1 aliphatic rings. The molecule has 0 N–H and O–H groups in total. The van der Waals surface area contributed by atoms with Crippen molar-refractivity contribution in [3.63, 3.8) is 0 Å². The van der Waals surface area contributed by atoms with Gasteiger partial charge in [-0.3, -0.25) is 14.9 Å². The number of aryl methyl sites for hydroxylation is 1. The van der Waals surface area contributed by atoms with Crippen LogP contribution in [0.25, 0.3) is 0 Å². The Kier molecular flexibility index (Phi) is 5.58. The Morgan fingerprint density at radius 3 is 2.55 bits per heavy atom. The van der Waals surface area contributed by atoms with Crippen LogP contribution in [-0.4, -0.2) is 22.5 Å². The highest BCUT2D eigenvalue weighted by atomic mass is 16.7. The number of nitro benzene ring substituents is 1. The lowest BCUT2D eigenvalue weighted by atomic mass is 10.0. The van der Waals surface area contributed by atoms with Crippen molar-refractivity contribution >= 4 is 11.6 Å². The van der Waals surface area contributed by atoms with Gasteiger partial charge in [-0.25, -0.2) is 0 Å². The molecule has 31 heavy (non-hydrogen) atoms. The van der Waals surface area contributed by atoms with Crippen LogP contribution in [0.2, 0.25) is 0 Å². The third kappa shape index (κ3) is 4.21. The standard InChI is InChI=1S/C24H22N2O5/c1-16-8-10-20(13-21(16)26(28)29)24(27)25(17(2)19-6-4-3-5-7-19)14-18-9-11-22-23(12-18)31-15-30-22/h3-13,17H,14-15H2,1-2H3. The molecular weight excluding hydrogens is 396 g/mol. The quantitative estimate of drug-likeness (QED) is 0.414. The maximum Gasteiger partial charge on any atom is 0.273 e. The van der Waals surface area contributed by atoms with E-state index >= 15 is 0 Å². The minimum Gasteiger partial charge on any atom is -0.454 e. The SMILES string of the molecule is Cc1ccc(C(=O)N(Cc2ccc3c(c2)OCO3)C(C)c2ccccc2)cc1[N+](=O)[O-]. The number of fused-ring (bicyclic) bond motifs is 1. The zero-order valence-corrected chi connectivity index (χ0v) is 17.3. The summed E-state index contributed by atoms with van der Waals surface area (Å²) in [5.74, 6) is 1.03. The second kappa shape index (κ2) is 8.47. The lowest BCUT2D eigenvalue weighted by Crippen LogP contribution is -2.33. The van der Waals surface area contributed by atoms with Crippen LogP contribution in [0.5, 0.6) is 11.5 Å². The van der Waals surface area contributed by atoms with Crippen molar-refractivity contribution < 1.29 is 19.2 Å². The van der Waals surface area contributed by atoms with Crippen molar-refractivity contribution in [2.24, 2.45) is 0 Å². The molecule has 7 heteroatoms. The largest absolute Gasteiger partial charge is 0.454 e. The number of hydrogen-bond donors (Lipinski definition) is 0. The second-order valence-corrected chi connectivity index (χ2v) is 7.47. The van der Waals surface area contributed by atoms with Gasteiger partial charge in [-0.1, -0.05) is 42.5 Å².